The molecule has 140 valence electrons. The number of aromatic nitrogens is 2. The molecule has 8 nitrogen and oxygen atoms in total. The maximum atomic E-state index is 12.8. The third-order valence-electron chi connectivity index (χ3n) is 5.10. The predicted octanol–water partition coefficient (Wildman–Crippen LogP) is 0.416. The van der Waals surface area contributed by atoms with E-state index in [0.717, 1.165) is 0 Å². The number of carbonyl (C=O) groups is 1. The lowest BCUT2D eigenvalue weighted by atomic mass is 9.92. The van der Waals surface area contributed by atoms with Crippen LogP contribution in [0.15, 0.2) is 12.3 Å². The smallest absolute Gasteiger partial charge is 0.272 e. The Kier molecular flexibility index (Phi) is 5.45. The van der Waals surface area contributed by atoms with Crippen molar-refractivity contribution in [3.8, 4) is 0 Å². The molecule has 1 aromatic rings. The molecule has 9 heteroatoms. The van der Waals surface area contributed by atoms with Crippen LogP contribution in [0.5, 0.6) is 0 Å². The summed E-state index contributed by atoms with van der Waals surface area (Å²) in [5.41, 5.74) is 0.577. The number of amides is 1. The highest BCUT2D eigenvalue weighted by Crippen LogP contribution is 2.28. The fourth-order valence-electron chi connectivity index (χ4n) is 3.74. The van der Waals surface area contributed by atoms with Crippen molar-refractivity contribution in [3.63, 3.8) is 0 Å². The molecule has 0 bridgehead atoms. The van der Waals surface area contributed by atoms with Crippen molar-refractivity contribution in [2.75, 3.05) is 38.6 Å². The molecule has 0 aromatic carbocycles. The average molecular weight is 370 g/mol. The maximum Gasteiger partial charge on any atom is 0.272 e. The van der Waals surface area contributed by atoms with Crippen LogP contribution in [0.4, 0.5) is 0 Å². The topological polar surface area (TPSA) is 84.7 Å². The molecular formula is C16H26N4O4S. The van der Waals surface area contributed by atoms with Crippen LogP contribution in [0.1, 0.15) is 30.8 Å². The number of fused-ring (bicyclic) bond motifs is 1. The number of hydrogen-bond acceptors (Lipinski definition) is 5. The summed E-state index contributed by atoms with van der Waals surface area (Å²) < 4.78 is 33.8. The summed E-state index contributed by atoms with van der Waals surface area (Å²) in [5, 5.41) is 4.16. The van der Waals surface area contributed by atoms with E-state index in [2.05, 4.69) is 5.10 Å². The van der Waals surface area contributed by atoms with Crippen molar-refractivity contribution in [2.45, 2.75) is 32.9 Å². The molecule has 2 fully saturated rings. The van der Waals surface area contributed by atoms with Gasteiger partial charge in [-0.25, -0.2) is 8.42 Å². The van der Waals surface area contributed by atoms with Gasteiger partial charge in [0.2, 0.25) is 10.0 Å². The summed E-state index contributed by atoms with van der Waals surface area (Å²) in [4.78, 5) is 14.6. The van der Waals surface area contributed by atoms with E-state index in [1.165, 1.54) is 0 Å². The van der Waals surface area contributed by atoms with Crippen molar-refractivity contribution >= 4 is 15.9 Å². The van der Waals surface area contributed by atoms with Crippen LogP contribution in [0.3, 0.4) is 0 Å². The number of rotatable bonds is 4. The van der Waals surface area contributed by atoms with Gasteiger partial charge in [0.05, 0.1) is 19.0 Å². The standard InChI is InChI=1S/C16H26N4O4S/c1-3-19-15(5-7-17-19)16(21)18-8-6-14-13(11-18)12-24-10-9-20(14)25(22,23)4-2/h5,7,13-14H,3-4,6,8-12H2,1-2H3/t13-,14-/m1/s1. The molecule has 2 aliphatic heterocycles. The molecule has 3 heterocycles. The quantitative estimate of drug-likeness (QED) is 0.767. The second kappa shape index (κ2) is 7.43. The second-order valence-corrected chi connectivity index (χ2v) is 8.70. The van der Waals surface area contributed by atoms with Gasteiger partial charge < -0.3 is 9.64 Å². The summed E-state index contributed by atoms with van der Waals surface area (Å²) in [6, 6.07) is 1.64. The minimum Gasteiger partial charge on any atom is -0.380 e. The number of aryl methyl sites for hydroxylation is 1. The van der Waals surface area contributed by atoms with E-state index in [4.69, 9.17) is 4.74 Å². The number of nitrogens with zero attached hydrogens (tertiary/aromatic N) is 4. The van der Waals surface area contributed by atoms with Gasteiger partial charge in [-0.15, -0.1) is 0 Å². The van der Waals surface area contributed by atoms with E-state index in [1.807, 2.05) is 6.92 Å². The first-order valence-electron chi connectivity index (χ1n) is 8.86. The first-order chi connectivity index (χ1) is 12.0. The summed E-state index contributed by atoms with van der Waals surface area (Å²) in [6.45, 7) is 6.59. The van der Waals surface area contributed by atoms with Gasteiger partial charge >= 0.3 is 0 Å². The molecule has 3 rings (SSSR count). The van der Waals surface area contributed by atoms with Gasteiger partial charge in [0.15, 0.2) is 0 Å². The highest BCUT2D eigenvalue weighted by molar-refractivity contribution is 7.89. The third kappa shape index (κ3) is 3.58. The molecule has 0 unspecified atom stereocenters. The minimum absolute atomic E-state index is 0.000442. The van der Waals surface area contributed by atoms with Gasteiger partial charge in [-0.05, 0) is 26.3 Å². The number of sulfonamides is 1. The Balaban J connectivity index is 1.77. The monoisotopic (exact) mass is 370 g/mol. The first-order valence-corrected chi connectivity index (χ1v) is 10.5. The van der Waals surface area contributed by atoms with E-state index in [9.17, 15) is 13.2 Å². The number of carbonyl (C=O) groups excluding carboxylic acids is 1. The lowest BCUT2D eigenvalue weighted by Crippen LogP contribution is -2.54. The fraction of sp³-hybridized carbons (Fsp3) is 0.750. The third-order valence-corrected chi connectivity index (χ3v) is 6.99. The van der Waals surface area contributed by atoms with E-state index in [1.54, 1.807) is 33.1 Å². The van der Waals surface area contributed by atoms with Crippen LogP contribution < -0.4 is 0 Å². The molecule has 2 aliphatic rings. The Labute approximate surface area is 148 Å². The predicted molar refractivity (Wildman–Crippen MR) is 92.7 cm³/mol. The first kappa shape index (κ1) is 18.3. The van der Waals surface area contributed by atoms with Crippen LogP contribution in [-0.2, 0) is 21.3 Å². The Morgan fingerprint density at radius 2 is 2.16 bits per heavy atom. The molecule has 0 saturated carbocycles. The van der Waals surface area contributed by atoms with E-state index >= 15 is 0 Å². The van der Waals surface area contributed by atoms with Crippen molar-refractivity contribution in [1.29, 1.82) is 0 Å². The van der Waals surface area contributed by atoms with Crippen molar-refractivity contribution in [3.05, 3.63) is 18.0 Å². The van der Waals surface area contributed by atoms with E-state index in [0.29, 0.717) is 51.5 Å². The van der Waals surface area contributed by atoms with Gasteiger partial charge in [0, 0.05) is 44.3 Å². The average Bonchev–Trinajstić information content (AvgIpc) is 2.99. The van der Waals surface area contributed by atoms with Gasteiger partial charge in [0.25, 0.3) is 5.91 Å². The zero-order chi connectivity index (χ0) is 18.0. The van der Waals surface area contributed by atoms with Crippen LogP contribution in [0.2, 0.25) is 0 Å². The summed E-state index contributed by atoms with van der Waals surface area (Å²) in [7, 11) is -3.27. The van der Waals surface area contributed by atoms with E-state index in [-0.39, 0.29) is 23.6 Å². The Hall–Kier alpha value is -1.45. The molecule has 1 aromatic heterocycles. The normalized spacial score (nSPS) is 25.4. The van der Waals surface area contributed by atoms with Gasteiger partial charge in [0.1, 0.15) is 5.69 Å². The summed E-state index contributed by atoms with van der Waals surface area (Å²) >= 11 is 0. The highest BCUT2D eigenvalue weighted by Gasteiger charge is 2.41. The van der Waals surface area contributed by atoms with Crippen LogP contribution in [-0.4, -0.2) is 78.0 Å². The minimum atomic E-state index is -3.27. The van der Waals surface area contributed by atoms with Crippen LogP contribution in [0.25, 0.3) is 0 Å². The SMILES string of the molecule is CCn1nccc1C(=O)N1CC[C@@H]2[C@@H](COCCN2S(=O)(=O)CC)C1. The van der Waals surface area contributed by atoms with Gasteiger partial charge in [-0.1, -0.05) is 0 Å². The number of hydrogen-bond donors (Lipinski definition) is 0. The number of likely N-dealkylation sites (tertiary alicyclic amines) is 1. The zero-order valence-corrected chi connectivity index (χ0v) is 15.6. The van der Waals surface area contributed by atoms with Crippen molar-refractivity contribution < 1.29 is 17.9 Å². The Morgan fingerprint density at radius 3 is 2.88 bits per heavy atom. The fourth-order valence-corrected chi connectivity index (χ4v) is 5.12. The van der Waals surface area contributed by atoms with Crippen LogP contribution >= 0.6 is 0 Å². The molecule has 25 heavy (non-hydrogen) atoms. The van der Waals surface area contributed by atoms with Gasteiger partial charge in [-0.3, -0.25) is 9.48 Å². The Morgan fingerprint density at radius 1 is 1.36 bits per heavy atom. The molecule has 0 spiro atoms. The number of piperidine rings is 1. The van der Waals surface area contributed by atoms with Gasteiger partial charge in [-0.2, -0.15) is 9.40 Å². The maximum absolute atomic E-state index is 12.8. The molecule has 0 N–H and O–H groups in total. The highest BCUT2D eigenvalue weighted by atomic mass is 32.2. The zero-order valence-electron chi connectivity index (χ0n) is 14.8. The lowest BCUT2D eigenvalue weighted by molar-refractivity contribution is 0.0457. The summed E-state index contributed by atoms with van der Waals surface area (Å²) in [6.07, 6.45) is 2.27. The second-order valence-electron chi connectivity index (χ2n) is 6.49. The summed E-state index contributed by atoms with van der Waals surface area (Å²) in [5.74, 6) is 0.0422. The number of ether oxygens (including phenoxy) is 1. The molecular weight excluding hydrogens is 344 g/mol. The lowest BCUT2D eigenvalue weighted by Gasteiger charge is -2.41. The largest absolute Gasteiger partial charge is 0.380 e. The molecule has 1 amide bonds. The van der Waals surface area contributed by atoms with Crippen LogP contribution in [0, 0.1) is 5.92 Å². The van der Waals surface area contributed by atoms with Crippen molar-refractivity contribution in [2.24, 2.45) is 5.92 Å². The molecule has 0 radical (unpaired) electrons. The van der Waals surface area contributed by atoms with Crippen molar-refractivity contribution in [1.82, 2.24) is 19.0 Å². The molecule has 2 atom stereocenters. The molecule has 0 aliphatic carbocycles. The Bertz CT molecular complexity index is 717. The molecule has 2 saturated heterocycles. The van der Waals surface area contributed by atoms with E-state index < -0.39 is 10.0 Å².